The van der Waals surface area contributed by atoms with Crippen molar-refractivity contribution < 1.29 is 14.7 Å². The fraction of sp³-hybridized carbons (Fsp3) is 0.818. The number of carbonyl (C=O) groups is 2. The lowest BCUT2D eigenvalue weighted by atomic mass is 9.96. The first-order valence-electron chi connectivity index (χ1n) is 5.85. The molecule has 16 heavy (non-hydrogen) atoms. The topological polar surface area (TPSA) is 69.6 Å². The van der Waals surface area contributed by atoms with E-state index in [2.05, 4.69) is 5.32 Å². The third kappa shape index (κ3) is 1.91. The SMILES string of the molecule is C[C@@H]1CNC[C@H]1C(=O)N1CCCC1C(=O)O. The Labute approximate surface area is 94.8 Å². The maximum atomic E-state index is 12.2. The molecule has 0 spiro atoms. The summed E-state index contributed by atoms with van der Waals surface area (Å²) in [6.07, 6.45) is 1.40. The molecule has 2 aliphatic heterocycles. The molecule has 2 N–H and O–H groups in total. The molecule has 5 heteroatoms. The summed E-state index contributed by atoms with van der Waals surface area (Å²) < 4.78 is 0. The lowest BCUT2D eigenvalue weighted by molar-refractivity contribution is -0.150. The monoisotopic (exact) mass is 226 g/mol. The van der Waals surface area contributed by atoms with Crippen LogP contribution in [0.4, 0.5) is 0 Å². The van der Waals surface area contributed by atoms with Gasteiger partial charge >= 0.3 is 5.97 Å². The Morgan fingerprint density at radius 3 is 2.69 bits per heavy atom. The van der Waals surface area contributed by atoms with E-state index in [1.807, 2.05) is 6.92 Å². The van der Waals surface area contributed by atoms with Gasteiger partial charge < -0.3 is 15.3 Å². The first kappa shape index (κ1) is 11.4. The highest BCUT2D eigenvalue weighted by atomic mass is 16.4. The number of nitrogens with zero attached hydrogens (tertiary/aromatic N) is 1. The second-order valence-electron chi connectivity index (χ2n) is 4.77. The number of amides is 1. The van der Waals surface area contributed by atoms with Gasteiger partial charge in [0.15, 0.2) is 0 Å². The van der Waals surface area contributed by atoms with E-state index in [0.717, 1.165) is 13.0 Å². The number of hydrogen-bond acceptors (Lipinski definition) is 3. The van der Waals surface area contributed by atoms with Crippen molar-refractivity contribution in [2.75, 3.05) is 19.6 Å². The van der Waals surface area contributed by atoms with Crippen LogP contribution in [-0.4, -0.2) is 47.6 Å². The zero-order valence-electron chi connectivity index (χ0n) is 9.48. The molecule has 1 unspecified atom stereocenters. The summed E-state index contributed by atoms with van der Waals surface area (Å²) in [5.41, 5.74) is 0. The van der Waals surface area contributed by atoms with E-state index >= 15 is 0 Å². The van der Waals surface area contributed by atoms with Gasteiger partial charge in [-0.1, -0.05) is 6.92 Å². The number of aliphatic carboxylic acids is 1. The van der Waals surface area contributed by atoms with Crippen LogP contribution in [0.5, 0.6) is 0 Å². The lowest BCUT2D eigenvalue weighted by Crippen LogP contribution is -2.45. The fourth-order valence-electron chi connectivity index (χ4n) is 2.64. The van der Waals surface area contributed by atoms with E-state index in [1.165, 1.54) is 0 Å². The van der Waals surface area contributed by atoms with E-state index in [1.54, 1.807) is 4.90 Å². The van der Waals surface area contributed by atoms with Crippen LogP contribution in [0.15, 0.2) is 0 Å². The van der Waals surface area contributed by atoms with Crippen LogP contribution in [0.1, 0.15) is 19.8 Å². The van der Waals surface area contributed by atoms with Crippen LogP contribution in [0.3, 0.4) is 0 Å². The lowest BCUT2D eigenvalue weighted by Gasteiger charge is -2.26. The van der Waals surface area contributed by atoms with Crippen molar-refractivity contribution in [3.63, 3.8) is 0 Å². The van der Waals surface area contributed by atoms with Crippen LogP contribution in [0.25, 0.3) is 0 Å². The van der Waals surface area contributed by atoms with Crippen molar-refractivity contribution in [2.45, 2.75) is 25.8 Å². The minimum absolute atomic E-state index is 0.0161. The number of rotatable bonds is 2. The average molecular weight is 226 g/mol. The van der Waals surface area contributed by atoms with Gasteiger partial charge in [-0.15, -0.1) is 0 Å². The number of likely N-dealkylation sites (tertiary alicyclic amines) is 1. The van der Waals surface area contributed by atoms with Crippen molar-refractivity contribution in [1.29, 1.82) is 0 Å². The van der Waals surface area contributed by atoms with Gasteiger partial charge in [0.2, 0.25) is 5.91 Å². The predicted molar refractivity (Wildman–Crippen MR) is 57.9 cm³/mol. The zero-order valence-corrected chi connectivity index (χ0v) is 9.48. The smallest absolute Gasteiger partial charge is 0.326 e. The number of nitrogens with one attached hydrogen (secondary N) is 1. The predicted octanol–water partition coefficient (Wildman–Crippen LogP) is -0.0825. The third-order valence-corrected chi connectivity index (χ3v) is 3.66. The molecule has 1 amide bonds. The molecule has 5 nitrogen and oxygen atoms in total. The second-order valence-corrected chi connectivity index (χ2v) is 4.77. The Kier molecular flexibility index (Phi) is 3.14. The molecule has 2 fully saturated rings. The van der Waals surface area contributed by atoms with Crippen molar-refractivity contribution in [1.82, 2.24) is 10.2 Å². The molecule has 0 radical (unpaired) electrons. The van der Waals surface area contributed by atoms with Gasteiger partial charge in [0.25, 0.3) is 0 Å². The third-order valence-electron chi connectivity index (χ3n) is 3.66. The number of carbonyl (C=O) groups excluding carboxylic acids is 1. The summed E-state index contributed by atoms with van der Waals surface area (Å²) in [5, 5.41) is 12.2. The van der Waals surface area contributed by atoms with Crippen LogP contribution in [0.2, 0.25) is 0 Å². The van der Waals surface area contributed by atoms with Gasteiger partial charge in [-0.3, -0.25) is 4.79 Å². The molecule has 2 aliphatic rings. The van der Waals surface area contributed by atoms with Gasteiger partial charge in [0.1, 0.15) is 6.04 Å². The Hall–Kier alpha value is -1.10. The Morgan fingerprint density at radius 2 is 2.12 bits per heavy atom. The first-order chi connectivity index (χ1) is 7.61. The molecule has 0 aromatic heterocycles. The van der Waals surface area contributed by atoms with Gasteiger partial charge in [0, 0.05) is 13.1 Å². The molecule has 0 aliphatic carbocycles. The first-order valence-corrected chi connectivity index (χ1v) is 5.85. The highest BCUT2D eigenvalue weighted by Gasteiger charge is 2.39. The maximum absolute atomic E-state index is 12.2. The Bertz CT molecular complexity index is 306. The molecule has 2 heterocycles. The van der Waals surface area contributed by atoms with E-state index in [9.17, 15) is 9.59 Å². The van der Waals surface area contributed by atoms with Crippen molar-refractivity contribution in [3.05, 3.63) is 0 Å². The quantitative estimate of drug-likeness (QED) is 0.691. The van der Waals surface area contributed by atoms with Crippen molar-refractivity contribution in [2.24, 2.45) is 11.8 Å². The van der Waals surface area contributed by atoms with E-state index in [-0.39, 0.29) is 11.8 Å². The molecule has 2 rings (SSSR count). The summed E-state index contributed by atoms with van der Waals surface area (Å²) in [5.74, 6) is -0.589. The van der Waals surface area contributed by atoms with Crippen LogP contribution in [-0.2, 0) is 9.59 Å². The number of carboxylic acids is 1. The zero-order chi connectivity index (χ0) is 11.7. The van der Waals surface area contributed by atoms with Crippen LogP contribution in [0, 0.1) is 11.8 Å². The normalized spacial score (nSPS) is 34.3. The minimum atomic E-state index is -0.871. The summed E-state index contributed by atoms with van der Waals surface area (Å²) in [4.78, 5) is 24.8. The second kappa shape index (κ2) is 4.41. The van der Waals surface area contributed by atoms with Gasteiger partial charge in [0.05, 0.1) is 5.92 Å². The summed E-state index contributed by atoms with van der Waals surface area (Å²) in [6, 6.07) is -0.597. The number of hydrogen-bond donors (Lipinski definition) is 2. The van der Waals surface area contributed by atoms with Crippen molar-refractivity contribution >= 4 is 11.9 Å². The van der Waals surface area contributed by atoms with Crippen LogP contribution >= 0.6 is 0 Å². The van der Waals surface area contributed by atoms with Crippen LogP contribution < -0.4 is 5.32 Å². The minimum Gasteiger partial charge on any atom is -0.480 e. The van der Waals surface area contributed by atoms with Crippen molar-refractivity contribution in [3.8, 4) is 0 Å². The van der Waals surface area contributed by atoms with E-state index in [0.29, 0.717) is 25.4 Å². The maximum Gasteiger partial charge on any atom is 0.326 e. The standard InChI is InChI=1S/C11H18N2O3/c1-7-5-12-6-8(7)10(14)13-4-2-3-9(13)11(15)16/h7-9,12H,2-6H2,1H3,(H,15,16)/t7-,8-,9?/m1/s1. The molecule has 90 valence electrons. The summed E-state index contributed by atoms with van der Waals surface area (Å²) in [6.45, 7) is 4.16. The van der Waals surface area contributed by atoms with E-state index < -0.39 is 12.0 Å². The number of carboxylic acid groups (broad SMARTS) is 1. The Morgan fingerprint density at radius 1 is 1.38 bits per heavy atom. The largest absolute Gasteiger partial charge is 0.480 e. The van der Waals surface area contributed by atoms with Gasteiger partial charge in [-0.25, -0.2) is 4.79 Å². The molecular weight excluding hydrogens is 208 g/mol. The Balaban J connectivity index is 2.06. The summed E-state index contributed by atoms with van der Waals surface area (Å²) in [7, 11) is 0. The van der Waals surface area contributed by atoms with Gasteiger partial charge in [-0.2, -0.15) is 0 Å². The molecule has 3 atom stereocenters. The molecule has 2 saturated heterocycles. The molecular formula is C11H18N2O3. The average Bonchev–Trinajstić information content (AvgIpc) is 2.84. The van der Waals surface area contributed by atoms with Gasteiger partial charge in [-0.05, 0) is 25.3 Å². The molecule has 0 saturated carbocycles. The molecule has 0 aromatic carbocycles. The molecule has 0 bridgehead atoms. The highest BCUT2D eigenvalue weighted by molar-refractivity contribution is 5.86. The fourth-order valence-corrected chi connectivity index (χ4v) is 2.64. The highest BCUT2D eigenvalue weighted by Crippen LogP contribution is 2.24. The summed E-state index contributed by atoms with van der Waals surface area (Å²) >= 11 is 0. The molecule has 0 aromatic rings. The van der Waals surface area contributed by atoms with E-state index in [4.69, 9.17) is 5.11 Å².